The van der Waals surface area contributed by atoms with Gasteiger partial charge in [0, 0.05) is 25.1 Å². The topological polar surface area (TPSA) is 114 Å². The Bertz CT molecular complexity index is 1770. The molecule has 4 atom stereocenters. The number of hydrogen-bond donors (Lipinski definition) is 1. The third-order valence-electron chi connectivity index (χ3n) is 7.86. The van der Waals surface area contributed by atoms with E-state index in [1.54, 1.807) is 60.7 Å². The second kappa shape index (κ2) is 11.9. The molecule has 1 N–H and O–H groups in total. The Morgan fingerprint density at radius 2 is 1.53 bits per heavy atom. The number of Topliss-reactive ketones (excluding diaryl/α,β-unsaturated/α-hetero) is 1. The van der Waals surface area contributed by atoms with E-state index in [1.165, 1.54) is 17.0 Å². The second-order valence-electron chi connectivity index (χ2n) is 10.5. The Morgan fingerprint density at radius 3 is 2.19 bits per heavy atom. The van der Waals surface area contributed by atoms with Gasteiger partial charge in [-0.3, -0.25) is 19.3 Å². The Morgan fingerprint density at radius 1 is 0.884 bits per heavy atom. The molecule has 4 unspecified atom stereocenters. The van der Waals surface area contributed by atoms with Gasteiger partial charge in [0.2, 0.25) is 17.6 Å². The lowest BCUT2D eigenvalue weighted by atomic mass is 9.81. The molecule has 11 heteroatoms. The standard InChI is InChI=1S/C32H23Br3N2O6/c33-17-7-10-26-20(11-17)23(32(42)43-15-29(39)19-3-1-2-4-28(19)38)14-27(36-26)16-5-8-18(9-6-16)37-30(40)21-12-24(34)25(35)13-22(21)31(37)41/h1-11,14,21-22,24-25,38H,12-13,15H2. The quantitative estimate of drug-likeness (QED) is 0.0990. The van der Waals surface area contributed by atoms with Crippen LogP contribution < -0.4 is 4.90 Å². The summed E-state index contributed by atoms with van der Waals surface area (Å²) in [5.74, 6) is -2.53. The zero-order valence-corrected chi connectivity index (χ0v) is 27.1. The predicted molar refractivity (Wildman–Crippen MR) is 172 cm³/mol. The van der Waals surface area contributed by atoms with E-state index in [1.807, 2.05) is 0 Å². The number of benzene rings is 3. The first-order chi connectivity index (χ1) is 20.6. The lowest BCUT2D eigenvalue weighted by Crippen LogP contribution is -2.34. The number of anilines is 1. The monoisotopic (exact) mass is 768 g/mol. The van der Waals surface area contributed by atoms with Crippen molar-refractivity contribution < 1.29 is 29.0 Å². The average Bonchev–Trinajstić information content (AvgIpc) is 3.23. The Hall–Kier alpha value is -3.41. The molecular formula is C32H23Br3N2O6. The van der Waals surface area contributed by atoms with E-state index in [4.69, 9.17) is 9.72 Å². The van der Waals surface area contributed by atoms with Gasteiger partial charge in [-0.25, -0.2) is 9.78 Å². The zero-order valence-electron chi connectivity index (χ0n) is 22.4. The number of para-hydroxylation sites is 1. The molecule has 218 valence electrons. The summed E-state index contributed by atoms with van der Waals surface area (Å²) in [6.07, 6.45) is 1.18. The van der Waals surface area contributed by atoms with Gasteiger partial charge in [0.25, 0.3) is 0 Å². The van der Waals surface area contributed by atoms with E-state index in [0.717, 1.165) is 4.47 Å². The molecule has 2 aliphatic rings. The number of aromatic hydroxyl groups is 1. The summed E-state index contributed by atoms with van der Waals surface area (Å²) >= 11 is 10.7. The number of halogens is 3. The summed E-state index contributed by atoms with van der Waals surface area (Å²) in [7, 11) is 0. The Labute approximate surface area is 271 Å². The van der Waals surface area contributed by atoms with E-state index in [-0.39, 0.29) is 50.2 Å². The summed E-state index contributed by atoms with van der Waals surface area (Å²) in [4.78, 5) is 58.6. The van der Waals surface area contributed by atoms with E-state index >= 15 is 0 Å². The first-order valence-electron chi connectivity index (χ1n) is 13.5. The fourth-order valence-corrected chi connectivity index (χ4v) is 7.24. The van der Waals surface area contributed by atoms with Gasteiger partial charge in [0.05, 0.1) is 39.9 Å². The molecule has 1 aliphatic carbocycles. The van der Waals surface area contributed by atoms with Crippen molar-refractivity contribution in [1.29, 1.82) is 0 Å². The molecule has 43 heavy (non-hydrogen) atoms. The number of esters is 1. The minimum atomic E-state index is -0.724. The number of pyridine rings is 1. The number of hydrogen-bond acceptors (Lipinski definition) is 7. The second-order valence-corrected chi connectivity index (χ2v) is 13.8. The third-order valence-corrected chi connectivity index (χ3v) is 11.1. The van der Waals surface area contributed by atoms with Gasteiger partial charge in [-0.15, -0.1) is 0 Å². The summed E-state index contributed by atoms with van der Waals surface area (Å²) in [5, 5.41) is 10.5. The van der Waals surface area contributed by atoms with Gasteiger partial charge < -0.3 is 9.84 Å². The lowest BCUT2D eigenvalue weighted by Gasteiger charge is -2.29. The highest BCUT2D eigenvalue weighted by molar-refractivity contribution is 9.12. The van der Waals surface area contributed by atoms with Crippen LogP contribution in [0.3, 0.4) is 0 Å². The average molecular weight is 771 g/mol. The number of ketones is 1. The summed E-state index contributed by atoms with van der Waals surface area (Å²) in [5.41, 5.74) is 2.41. The van der Waals surface area contributed by atoms with Crippen LogP contribution in [0, 0.1) is 11.8 Å². The maximum absolute atomic E-state index is 13.3. The van der Waals surface area contributed by atoms with Crippen molar-refractivity contribution >= 4 is 87.9 Å². The molecule has 6 rings (SSSR count). The van der Waals surface area contributed by atoms with E-state index < -0.39 is 18.4 Å². The molecule has 4 aromatic rings. The van der Waals surface area contributed by atoms with Crippen LogP contribution in [0.2, 0.25) is 0 Å². The molecule has 1 aliphatic heterocycles. The summed E-state index contributed by atoms with van der Waals surface area (Å²) < 4.78 is 6.11. The van der Waals surface area contributed by atoms with Gasteiger partial charge in [-0.2, -0.15) is 0 Å². The highest BCUT2D eigenvalue weighted by atomic mass is 79.9. The minimum absolute atomic E-state index is 0.0617. The highest BCUT2D eigenvalue weighted by Gasteiger charge is 2.52. The number of aromatic nitrogens is 1. The molecule has 0 radical (unpaired) electrons. The van der Waals surface area contributed by atoms with Crippen molar-refractivity contribution in [1.82, 2.24) is 4.98 Å². The van der Waals surface area contributed by atoms with Crippen molar-refractivity contribution in [3.63, 3.8) is 0 Å². The van der Waals surface area contributed by atoms with Crippen LogP contribution in [-0.2, 0) is 14.3 Å². The fraction of sp³-hybridized carbons (Fsp3) is 0.219. The number of fused-ring (bicyclic) bond motifs is 2. The zero-order chi connectivity index (χ0) is 30.4. The van der Waals surface area contributed by atoms with Crippen LogP contribution in [0.15, 0.2) is 77.3 Å². The van der Waals surface area contributed by atoms with Gasteiger partial charge in [-0.05, 0) is 61.4 Å². The maximum atomic E-state index is 13.3. The van der Waals surface area contributed by atoms with Crippen LogP contribution in [0.1, 0.15) is 33.6 Å². The van der Waals surface area contributed by atoms with Crippen LogP contribution in [0.4, 0.5) is 5.69 Å². The number of phenolic OH excluding ortho intramolecular Hbond substituents is 1. The van der Waals surface area contributed by atoms with Crippen molar-refractivity contribution in [3.05, 3.63) is 88.4 Å². The van der Waals surface area contributed by atoms with Crippen molar-refractivity contribution in [2.24, 2.45) is 11.8 Å². The number of alkyl halides is 2. The van der Waals surface area contributed by atoms with Crippen molar-refractivity contribution in [2.75, 3.05) is 11.5 Å². The van der Waals surface area contributed by atoms with Crippen LogP contribution in [0.25, 0.3) is 22.2 Å². The molecule has 3 aromatic carbocycles. The van der Waals surface area contributed by atoms with E-state index in [2.05, 4.69) is 47.8 Å². The number of ether oxygens (including phenoxy) is 1. The SMILES string of the molecule is O=C(COC(=O)c1cc(-c2ccc(N3C(=O)C4CC(Br)C(Br)CC4C3=O)cc2)nc2ccc(Br)cc12)c1ccccc1O. The minimum Gasteiger partial charge on any atom is -0.507 e. The molecule has 0 bridgehead atoms. The molecule has 1 saturated carbocycles. The third kappa shape index (κ3) is 5.65. The predicted octanol–water partition coefficient (Wildman–Crippen LogP) is 6.84. The Balaban J connectivity index is 1.28. The molecule has 1 aromatic heterocycles. The summed E-state index contributed by atoms with van der Waals surface area (Å²) in [6, 6.07) is 19.9. The first-order valence-corrected chi connectivity index (χ1v) is 16.1. The molecule has 1 saturated heterocycles. The molecule has 0 spiro atoms. The number of carbonyl (C=O) groups is 4. The number of rotatable bonds is 6. The van der Waals surface area contributed by atoms with Gasteiger partial charge in [0.1, 0.15) is 5.75 Å². The number of imide groups is 1. The Kier molecular flexibility index (Phi) is 8.23. The van der Waals surface area contributed by atoms with Gasteiger partial charge in [0.15, 0.2) is 6.61 Å². The first kappa shape index (κ1) is 29.7. The van der Waals surface area contributed by atoms with Gasteiger partial charge in [-0.1, -0.05) is 72.1 Å². The summed E-state index contributed by atoms with van der Waals surface area (Å²) in [6.45, 7) is -0.552. The number of phenols is 1. The number of amides is 2. The normalized spacial score (nSPS) is 21.6. The molecule has 8 nitrogen and oxygen atoms in total. The molecular weight excluding hydrogens is 748 g/mol. The van der Waals surface area contributed by atoms with Gasteiger partial charge >= 0.3 is 5.97 Å². The highest BCUT2D eigenvalue weighted by Crippen LogP contribution is 2.44. The lowest BCUT2D eigenvalue weighted by molar-refractivity contribution is -0.122. The number of carbonyl (C=O) groups excluding carboxylic acids is 4. The van der Waals surface area contributed by atoms with E-state index in [0.29, 0.717) is 40.7 Å². The van der Waals surface area contributed by atoms with Crippen molar-refractivity contribution in [3.8, 4) is 17.0 Å². The fourth-order valence-electron chi connectivity index (χ4n) is 5.64. The number of nitrogens with zero attached hydrogens (tertiary/aromatic N) is 2. The largest absolute Gasteiger partial charge is 0.507 e. The van der Waals surface area contributed by atoms with Crippen LogP contribution in [0.5, 0.6) is 5.75 Å². The smallest absolute Gasteiger partial charge is 0.339 e. The van der Waals surface area contributed by atoms with E-state index in [9.17, 15) is 24.3 Å². The molecule has 2 heterocycles. The maximum Gasteiger partial charge on any atom is 0.339 e. The van der Waals surface area contributed by atoms with Crippen LogP contribution in [-0.4, -0.2) is 49.9 Å². The molecule has 2 amide bonds. The molecule has 2 fully saturated rings. The van der Waals surface area contributed by atoms with Crippen molar-refractivity contribution in [2.45, 2.75) is 22.5 Å². The van der Waals surface area contributed by atoms with Crippen LogP contribution >= 0.6 is 47.8 Å².